The number of guanidine groups is 1. The Balaban J connectivity index is 2.54. The lowest BCUT2D eigenvalue weighted by Crippen LogP contribution is -2.39. The summed E-state index contributed by atoms with van der Waals surface area (Å²) in [5, 5.41) is 61.3. The second-order valence-corrected chi connectivity index (χ2v) is 4.82. The second kappa shape index (κ2) is 6.68. The normalized spacial score (nSPS) is 25.9. The van der Waals surface area contributed by atoms with E-state index in [1.807, 2.05) is 0 Å². The Morgan fingerprint density at radius 2 is 2.12 bits per heavy atom. The number of hydrogen-bond acceptors (Lipinski definition) is 10. The van der Waals surface area contributed by atoms with Crippen LogP contribution in [-0.2, 0) is 4.74 Å². The quantitative estimate of drug-likeness (QED) is 0.211. The van der Waals surface area contributed by atoms with Crippen molar-refractivity contribution < 1.29 is 20.1 Å². The number of aliphatic hydroxyl groups excluding tert-OH is 3. The highest BCUT2D eigenvalue weighted by Crippen LogP contribution is 2.27. The molecule has 0 radical (unpaired) electrons. The molecule has 4 unspecified atom stereocenters. The van der Waals surface area contributed by atoms with Gasteiger partial charge in [-0.3, -0.25) is 15.6 Å². The fraction of sp³-hybridized carbons (Fsp3) is 0.455. The summed E-state index contributed by atoms with van der Waals surface area (Å²) >= 11 is 0. The van der Waals surface area contributed by atoms with Crippen LogP contribution < -0.4 is 16.6 Å². The molecule has 0 bridgehead atoms. The summed E-state index contributed by atoms with van der Waals surface area (Å²) in [6, 6.07) is 1.47. The minimum Gasteiger partial charge on any atom is -0.394 e. The maximum absolute atomic E-state index is 12.5. The van der Waals surface area contributed by atoms with Gasteiger partial charge < -0.3 is 31.1 Å². The molecular weight excluding hydrogens is 324 g/mol. The van der Waals surface area contributed by atoms with E-state index in [9.17, 15) is 15.0 Å². The molecule has 1 aliphatic heterocycles. The number of ether oxygens (including phenoxy) is 1. The van der Waals surface area contributed by atoms with Gasteiger partial charge in [-0.2, -0.15) is 9.94 Å². The predicted octanol–water partition coefficient (Wildman–Crippen LogP) is -3.55. The number of aromatic nitrogens is 3. The molecule has 0 saturated carbocycles. The van der Waals surface area contributed by atoms with Crippen LogP contribution >= 0.6 is 0 Å². The largest absolute Gasteiger partial charge is 0.394 e. The molecule has 0 spiro atoms. The van der Waals surface area contributed by atoms with Gasteiger partial charge in [-0.15, -0.1) is 5.10 Å². The zero-order valence-electron chi connectivity index (χ0n) is 12.0. The third kappa shape index (κ3) is 2.94. The highest BCUT2D eigenvalue weighted by Gasteiger charge is 2.44. The third-order valence-corrected chi connectivity index (χ3v) is 3.27. The maximum Gasteiger partial charge on any atom is 0.296 e. The van der Waals surface area contributed by atoms with Gasteiger partial charge in [0.25, 0.3) is 5.56 Å². The zero-order chi connectivity index (χ0) is 18.0. The van der Waals surface area contributed by atoms with E-state index in [1.165, 1.54) is 6.07 Å². The van der Waals surface area contributed by atoms with Gasteiger partial charge in [0.05, 0.1) is 6.61 Å². The zero-order valence-corrected chi connectivity index (χ0v) is 12.0. The van der Waals surface area contributed by atoms with Crippen LogP contribution in [-0.4, -0.2) is 66.9 Å². The molecule has 0 amide bonds. The number of aliphatic hydroxyl groups is 3. The average molecular weight is 338 g/mol. The predicted molar refractivity (Wildman–Crippen MR) is 77.3 cm³/mol. The molecule has 8 N–H and O–H groups in total. The number of nitrogens with two attached hydrogens (primary N) is 1. The molecular formula is C11H14N8O5. The molecule has 24 heavy (non-hydrogen) atoms. The monoisotopic (exact) mass is 338 g/mol. The van der Waals surface area contributed by atoms with E-state index in [2.05, 4.69) is 15.6 Å². The van der Waals surface area contributed by atoms with Crippen molar-refractivity contribution in [2.75, 3.05) is 11.9 Å². The maximum atomic E-state index is 12.5. The first kappa shape index (κ1) is 17.4. The standard InChI is InChI=1S/C11H14N8O5/c12-1-3(13)5-6(16-11(14)15)9(23)19(18-17-5)10-8(22)7(21)4(2-20)24-10/h4,7-8,10,13,20-22H,2H2,(H4,14,15,16). The molecule has 1 fully saturated rings. The highest BCUT2D eigenvalue weighted by molar-refractivity contribution is 6.12. The van der Waals surface area contributed by atoms with E-state index in [4.69, 9.17) is 31.7 Å². The molecule has 4 atom stereocenters. The molecule has 128 valence electrons. The Morgan fingerprint density at radius 3 is 2.62 bits per heavy atom. The van der Waals surface area contributed by atoms with E-state index in [1.54, 1.807) is 0 Å². The smallest absolute Gasteiger partial charge is 0.296 e. The van der Waals surface area contributed by atoms with Crippen molar-refractivity contribution in [1.29, 1.82) is 16.1 Å². The van der Waals surface area contributed by atoms with Crippen LogP contribution in [0.2, 0.25) is 0 Å². The minimum absolute atomic E-state index is 0.444. The van der Waals surface area contributed by atoms with E-state index in [0.29, 0.717) is 4.68 Å². The lowest BCUT2D eigenvalue weighted by molar-refractivity contribution is -0.0621. The Morgan fingerprint density at radius 1 is 1.46 bits per heavy atom. The van der Waals surface area contributed by atoms with Gasteiger partial charge in [0.2, 0.25) is 0 Å². The summed E-state index contributed by atoms with van der Waals surface area (Å²) in [7, 11) is 0. The van der Waals surface area contributed by atoms with Crippen molar-refractivity contribution in [2.45, 2.75) is 24.5 Å². The molecule has 13 heteroatoms. The summed E-state index contributed by atoms with van der Waals surface area (Å²) in [5.74, 6) is -0.653. The second-order valence-electron chi connectivity index (χ2n) is 4.82. The van der Waals surface area contributed by atoms with Crippen LogP contribution in [0.4, 0.5) is 5.69 Å². The number of nitrogens with one attached hydrogen (secondary N) is 3. The SMILES string of the molecule is N#CC(=N)c1nnn(C2OC(CO)C(O)C2O)c(=O)c1NC(=N)N. The molecule has 2 heterocycles. The highest BCUT2D eigenvalue weighted by atomic mass is 16.6. The van der Waals surface area contributed by atoms with Gasteiger partial charge in [0.15, 0.2) is 23.6 Å². The van der Waals surface area contributed by atoms with E-state index in [-0.39, 0.29) is 0 Å². The number of nitrogens with zero attached hydrogens (tertiary/aromatic N) is 4. The Hall–Kier alpha value is -2.92. The first-order valence-electron chi connectivity index (χ1n) is 6.53. The lowest BCUT2D eigenvalue weighted by atomic mass is 10.1. The van der Waals surface area contributed by atoms with Gasteiger partial charge in [-0.1, -0.05) is 5.21 Å². The summed E-state index contributed by atoms with van der Waals surface area (Å²) in [6.07, 6.45) is -5.65. The van der Waals surface area contributed by atoms with E-state index >= 15 is 0 Å². The van der Waals surface area contributed by atoms with Crippen LogP contribution in [0.1, 0.15) is 11.9 Å². The molecule has 1 saturated heterocycles. The van der Waals surface area contributed by atoms with Crippen LogP contribution in [0.25, 0.3) is 0 Å². The molecule has 0 aromatic carbocycles. The van der Waals surface area contributed by atoms with Crippen molar-refractivity contribution in [1.82, 2.24) is 15.0 Å². The van der Waals surface area contributed by atoms with Gasteiger partial charge in [-0.25, -0.2) is 0 Å². The van der Waals surface area contributed by atoms with Gasteiger partial charge in [-0.05, 0) is 0 Å². The average Bonchev–Trinajstić information content (AvgIpc) is 2.83. The lowest BCUT2D eigenvalue weighted by Gasteiger charge is -2.17. The summed E-state index contributed by atoms with van der Waals surface area (Å²) in [6.45, 7) is -0.605. The topological polar surface area (TPSA) is 227 Å². The number of anilines is 1. The van der Waals surface area contributed by atoms with Gasteiger partial charge in [0.1, 0.15) is 30.1 Å². The van der Waals surface area contributed by atoms with Crippen LogP contribution in [0.15, 0.2) is 4.79 Å². The molecule has 1 aromatic heterocycles. The molecule has 13 nitrogen and oxygen atoms in total. The minimum atomic E-state index is -1.58. The Bertz CT molecular complexity index is 771. The van der Waals surface area contributed by atoms with Crippen LogP contribution in [0.5, 0.6) is 0 Å². The van der Waals surface area contributed by atoms with Crippen LogP contribution in [0.3, 0.4) is 0 Å². The first-order chi connectivity index (χ1) is 11.3. The van der Waals surface area contributed by atoms with Crippen LogP contribution in [0, 0.1) is 22.1 Å². The summed E-state index contributed by atoms with van der Waals surface area (Å²) in [4.78, 5) is 12.5. The van der Waals surface area contributed by atoms with Gasteiger partial charge >= 0.3 is 0 Å². The fourth-order valence-corrected chi connectivity index (χ4v) is 2.12. The van der Waals surface area contributed by atoms with E-state index < -0.39 is 59.8 Å². The number of nitriles is 1. The van der Waals surface area contributed by atoms with Crippen molar-refractivity contribution in [3.63, 3.8) is 0 Å². The molecule has 2 rings (SSSR count). The van der Waals surface area contributed by atoms with Crippen molar-refractivity contribution >= 4 is 17.4 Å². The van der Waals surface area contributed by atoms with Crippen molar-refractivity contribution in [2.24, 2.45) is 5.73 Å². The summed E-state index contributed by atoms with van der Waals surface area (Å²) < 4.78 is 5.73. The van der Waals surface area contributed by atoms with Crippen molar-refractivity contribution in [3.05, 3.63) is 16.0 Å². The third-order valence-electron chi connectivity index (χ3n) is 3.27. The van der Waals surface area contributed by atoms with Crippen molar-refractivity contribution in [3.8, 4) is 6.07 Å². The first-order valence-corrected chi connectivity index (χ1v) is 6.53. The van der Waals surface area contributed by atoms with E-state index in [0.717, 1.165) is 0 Å². The Labute approximate surface area is 133 Å². The number of hydrogen-bond donors (Lipinski definition) is 7. The fourth-order valence-electron chi connectivity index (χ4n) is 2.12. The number of rotatable bonds is 4. The summed E-state index contributed by atoms with van der Waals surface area (Å²) in [5.41, 5.74) is 2.55. The molecule has 1 aromatic rings. The molecule has 0 aliphatic carbocycles. The molecule has 1 aliphatic rings. The van der Waals surface area contributed by atoms with Gasteiger partial charge in [0, 0.05) is 0 Å². The Kier molecular flexibility index (Phi) is 4.85.